The number of aromatic nitrogens is 2. The summed E-state index contributed by atoms with van der Waals surface area (Å²) in [5.74, 6) is 1.74. The maximum absolute atomic E-state index is 5.43. The van der Waals surface area contributed by atoms with Gasteiger partial charge in [0, 0.05) is 38.4 Å². The molecule has 0 aliphatic rings. The first-order chi connectivity index (χ1) is 15.2. The van der Waals surface area contributed by atoms with E-state index in [1.807, 2.05) is 42.8 Å². The van der Waals surface area contributed by atoms with Crippen molar-refractivity contribution in [3.8, 4) is 5.69 Å². The summed E-state index contributed by atoms with van der Waals surface area (Å²) in [4.78, 5) is 4.84. The van der Waals surface area contributed by atoms with Crippen molar-refractivity contribution in [3.63, 3.8) is 0 Å². The minimum atomic E-state index is 0. The molecule has 3 aromatic rings. The van der Waals surface area contributed by atoms with Gasteiger partial charge in [-0.05, 0) is 57.0 Å². The zero-order chi connectivity index (χ0) is 21.9. The monoisotopic (exact) mass is 551 g/mol. The molecule has 174 valence electrons. The van der Waals surface area contributed by atoms with E-state index in [0.29, 0.717) is 6.54 Å². The molecule has 0 amide bonds. The maximum Gasteiger partial charge on any atom is 0.191 e. The van der Waals surface area contributed by atoms with Crippen molar-refractivity contribution in [2.75, 3.05) is 26.3 Å². The molecule has 0 saturated heterocycles. The molecule has 8 heteroatoms. The lowest BCUT2D eigenvalue weighted by molar-refractivity contribution is 0.145. The molecule has 0 aliphatic heterocycles. The van der Waals surface area contributed by atoms with E-state index >= 15 is 0 Å². The molecule has 7 nitrogen and oxygen atoms in total. The number of hydrogen-bond acceptors (Lipinski definition) is 4. The SMILES string of the molecule is CCOCCCNC(=NCc1ccccc1-n1nc(C)cc1C)NCCc1ccco1.I. The number of ether oxygens (including phenoxy) is 1. The van der Waals surface area contributed by atoms with Gasteiger partial charge < -0.3 is 19.8 Å². The first kappa shape index (κ1) is 25.9. The highest BCUT2D eigenvalue weighted by Crippen LogP contribution is 2.17. The van der Waals surface area contributed by atoms with Crippen LogP contribution in [0.5, 0.6) is 0 Å². The number of aryl methyl sites for hydroxylation is 2. The summed E-state index contributed by atoms with van der Waals surface area (Å²) in [6, 6.07) is 14.2. The Labute approximate surface area is 207 Å². The van der Waals surface area contributed by atoms with Crippen LogP contribution in [0.15, 0.2) is 58.1 Å². The molecule has 0 bridgehead atoms. The molecule has 32 heavy (non-hydrogen) atoms. The zero-order valence-electron chi connectivity index (χ0n) is 19.1. The lowest BCUT2D eigenvalue weighted by Gasteiger charge is -2.14. The number of halogens is 1. The summed E-state index contributed by atoms with van der Waals surface area (Å²) < 4.78 is 12.8. The third-order valence-electron chi connectivity index (χ3n) is 4.84. The second-order valence-electron chi connectivity index (χ2n) is 7.37. The van der Waals surface area contributed by atoms with E-state index in [1.165, 1.54) is 0 Å². The summed E-state index contributed by atoms with van der Waals surface area (Å²) in [6.07, 6.45) is 3.43. The van der Waals surface area contributed by atoms with E-state index in [0.717, 1.165) is 73.5 Å². The quantitative estimate of drug-likeness (QED) is 0.160. The highest BCUT2D eigenvalue weighted by Gasteiger charge is 2.09. The van der Waals surface area contributed by atoms with Crippen LogP contribution < -0.4 is 10.6 Å². The smallest absolute Gasteiger partial charge is 0.191 e. The van der Waals surface area contributed by atoms with Crippen LogP contribution in [-0.4, -0.2) is 42.0 Å². The first-order valence-corrected chi connectivity index (χ1v) is 10.9. The molecular weight excluding hydrogens is 517 g/mol. The fourth-order valence-corrected chi connectivity index (χ4v) is 3.35. The van der Waals surface area contributed by atoms with Crippen LogP contribution in [0.1, 0.15) is 36.1 Å². The van der Waals surface area contributed by atoms with E-state index in [9.17, 15) is 0 Å². The van der Waals surface area contributed by atoms with Gasteiger partial charge in [0.05, 0.1) is 24.2 Å². The summed E-state index contributed by atoms with van der Waals surface area (Å²) in [6.45, 7) is 9.66. The van der Waals surface area contributed by atoms with Crippen molar-refractivity contribution < 1.29 is 9.15 Å². The summed E-state index contributed by atoms with van der Waals surface area (Å²) in [5, 5.41) is 11.5. The summed E-state index contributed by atoms with van der Waals surface area (Å²) in [5.41, 5.74) is 4.30. The molecule has 1 aromatic carbocycles. The molecular formula is C24H34IN5O2. The van der Waals surface area contributed by atoms with Gasteiger partial charge in [0.1, 0.15) is 5.76 Å². The normalized spacial score (nSPS) is 11.3. The minimum Gasteiger partial charge on any atom is -0.469 e. The lowest BCUT2D eigenvalue weighted by Crippen LogP contribution is -2.39. The average molecular weight is 551 g/mol. The van der Waals surface area contributed by atoms with Crippen molar-refractivity contribution in [2.24, 2.45) is 4.99 Å². The van der Waals surface area contributed by atoms with Crippen LogP contribution in [0, 0.1) is 13.8 Å². The van der Waals surface area contributed by atoms with E-state index in [4.69, 9.17) is 14.1 Å². The third kappa shape index (κ3) is 7.98. The molecule has 0 unspecified atom stereocenters. The van der Waals surface area contributed by atoms with Gasteiger partial charge in [0.25, 0.3) is 0 Å². The van der Waals surface area contributed by atoms with E-state index in [2.05, 4.69) is 40.9 Å². The fourth-order valence-electron chi connectivity index (χ4n) is 3.35. The number of nitrogens with zero attached hydrogens (tertiary/aromatic N) is 3. The number of aliphatic imine (C=N–C) groups is 1. The van der Waals surface area contributed by atoms with Crippen molar-refractivity contribution in [3.05, 3.63) is 71.4 Å². The summed E-state index contributed by atoms with van der Waals surface area (Å²) in [7, 11) is 0. The Morgan fingerprint density at radius 2 is 1.94 bits per heavy atom. The van der Waals surface area contributed by atoms with Gasteiger partial charge in [-0.2, -0.15) is 5.10 Å². The molecule has 0 spiro atoms. The Morgan fingerprint density at radius 1 is 1.12 bits per heavy atom. The highest BCUT2D eigenvalue weighted by atomic mass is 127. The Balaban J connectivity index is 0.00000363. The third-order valence-corrected chi connectivity index (χ3v) is 4.84. The number of guanidine groups is 1. The Morgan fingerprint density at radius 3 is 2.66 bits per heavy atom. The van der Waals surface area contributed by atoms with Crippen LogP contribution in [0.3, 0.4) is 0 Å². The first-order valence-electron chi connectivity index (χ1n) is 10.9. The van der Waals surface area contributed by atoms with Gasteiger partial charge in [-0.25, -0.2) is 9.67 Å². The number of benzene rings is 1. The Bertz CT molecular complexity index is 953. The molecule has 0 saturated carbocycles. The number of hydrogen-bond donors (Lipinski definition) is 2. The minimum absolute atomic E-state index is 0. The molecule has 2 aromatic heterocycles. The predicted octanol–water partition coefficient (Wildman–Crippen LogP) is 4.40. The van der Waals surface area contributed by atoms with Crippen LogP contribution in [0.4, 0.5) is 0 Å². The van der Waals surface area contributed by atoms with Crippen LogP contribution in [-0.2, 0) is 17.7 Å². The Hall–Kier alpha value is -2.33. The zero-order valence-corrected chi connectivity index (χ0v) is 21.5. The number of furan rings is 1. The maximum atomic E-state index is 5.43. The van der Waals surface area contributed by atoms with Crippen molar-refractivity contribution in [1.29, 1.82) is 0 Å². The highest BCUT2D eigenvalue weighted by molar-refractivity contribution is 14.0. The molecule has 0 aliphatic carbocycles. The van der Waals surface area contributed by atoms with Crippen LogP contribution in [0.25, 0.3) is 5.69 Å². The largest absolute Gasteiger partial charge is 0.469 e. The summed E-state index contributed by atoms with van der Waals surface area (Å²) >= 11 is 0. The van der Waals surface area contributed by atoms with E-state index < -0.39 is 0 Å². The molecule has 3 rings (SSSR count). The van der Waals surface area contributed by atoms with Gasteiger partial charge in [0.15, 0.2) is 5.96 Å². The molecule has 0 fully saturated rings. The molecule has 0 radical (unpaired) electrons. The van der Waals surface area contributed by atoms with Gasteiger partial charge in [-0.15, -0.1) is 24.0 Å². The number of para-hydroxylation sites is 1. The van der Waals surface area contributed by atoms with Gasteiger partial charge in [-0.1, -0.05) is 18.2 Å². The molecule has 0 atom stereocenters. The van der Waals surface area contributed by atoms with Crippen molar-refractivity contribution in [1.82, 2.24) is 20.4 Å². The van der Waals surface area contributed by atoms with Gasteiger partial charge in [-0.3, -0.25) is 0 Å². The molecule has 2 heterocycles. The predicted molar refractivity (Wildman–Crippen MR) is 139 cm³/mol. The van der Waals surface area contributed by atoms with Crippen molar-refractivity contribution in [2.45, 2.75) is 40.2 Å². The van der Waals surface area contributed by atoms with Crippen LogP contribution >= 0.6 is 24.0 Å². The van der Waals surface area contributed by atoms with E-state index in [1.54, 1.807) is 6.26 Å². The lowest BCUT2D eigenvalue weighted by atomic mass is 10.2. The number of nitrogens with one attached hydrogen (secondary N) is 2. The van der Waals surface area contributed by atoms with Crippen molar-refractivity contribution >= 4 is 29.9 Å². The fraction of sp³-hybridized carbons (Fsp3) is 0.417. The number of rotatable bonds is 11. The Kier molecular flexibility index (Phi) is 11.3. The van der Waals surface area contributed by atoms with E-state index in [-0.39, 0.29) is 24.0 Å². The van der Waals surface area contributed by atoms with Gasteiger partial charge in [0.2, 0.25) is 0 Å². The van der Waals surface area contributed by atoms with Gasteiger partial charge >= 0.3 is 0 Å². The topological polar surface area (TPSA) is 76.6 Å². The second kappa shape index (κ2) is 13.9. The second-order valence-corrected chi connectivity index (χ2v) is 7.37. The standard InChI is InChI=1S/C24H33N5O2.HI/c1-4-30-15-8-13-25-24(26-14-12-22-10-7-16-31-22)27-18-21-9-5-6-11-23(21)29-20(3)17-19(2)28-29;/h5-7,9-11,16-17H,4,8,12-15,18H2,1-3H3,(H2,25,26,27);1H. The average Bonchev–Trinajstić information content (AvgIpc) is 3.40. The van der Waals surface area contributed by atoms with Crippen LogP contribution in [0.2, 0.25) is 0 Å². The molecule has 2 N–H and O–H groups in total.